The standard InChI is InChI=1S/C27H44O6/c1-15(2)6-7-23(31)26(5,32)22-9-11-27(33)17-12-19(28)18-13-20(29)21(30)14-24(18,3)16(17)8-10-25(22,27)4/h12,15-16,18,20-23,29-33H,6-11,13-14H2,1-5H3/t16-,18-,20-,21+,22-,23-,24+,25+,26+,27+/m0/s1. The van der Waals surface area contributed by atoms with Crippen molar-refractivity contribution in [2.75, 3.05) is 0 Å². The monoisotopic (exact) mass is 464 g/mol. The van der Waals surface area contributed by atoms with Gasteiger partial charge >= 0.3 is 0 Å². The van der Waals surface area contributed by atoms with Crippen molar-refractivity contribution in [3.05, 3.63) is 11.6 Å². The number of allylic oxidation sites excluding steroid dienone is 1. The number of aliphatic hydroxyl groups is 5. The van der Waals surface area contributed by atoms with Gasteiger partial charge in [0.1, 0.15) is 0 Å². The fourth-order valence-electron chi connectivity index (χ4n) is 8.32. The molecule has 6 heteroatoms. The third-order valence-electron chi connectivity index (χ3n) is 10.5. The summed E-state index contributed by atoms with van der Waals surface area (Å²) in [5, 5.41) is 55.4. The molecular weight excluding hydrogens is 420 g/mol. The molecule has 3 fully saturated rings. The van der Waals surface area contributed by atoms with Crippen LogP contribution in [0.5, 0.6) is 0 Å². The van der Waals surface area contributed by atoms with Crippen LogP contribution >= 0.6 is 0 Å². The first-order valence-electron chi connectivity index (χ1n) is 12.9. The molecule has 0 aromatic heterocycles. The van der Waals surface area contributed by atoms with Crippen LogP contribution in [0.2, 0.25) is 0 Å². The van der Waals surface area contributed by atoms with E-state index < -0.39 is 40.3 Å². The normalized spacial score (nSPS) is 47.9. The minimum atomic E-state index is -1.34. The van der Waals surface area contributed by atoms with Gasteiger partial charge in [0.25, 0.3) is 0 Å². The summed E-state index contributed by atoms with van der Waals surface area (Å²) < 4.78 is 0. The number of rotatable bonds is 5. The Labute approximate surface area is 198 Å². The maximum atomic E-state index is 13.2. The van der Waals surface area contributed by atoms with Crippen molar-refractivity contribution < 1.29 is 30.3 Å². The van der Waals surface area contributed by atoms with Gasteiger partial charge in [0.05, 0.1) is 29.5 Å². The van der Waals surface area contributed by atoms with Gasteiger partial charge in [0, 0.05) is 11.3 Å². The molecule has 0 spiro atoms. The Hall–Kier alpha value is -0.790. The highest BCUT2D eigenvalue weighted by Gasteiger charge is 2.69. The molecule has 0 bridgehead atoms. The van der Waals surface area contributed by atoms with Gasteiger partial charge in [-0.05, 0) is 93.1 Å². The molecule has 0 unspecified atom stereocenters. The number of carbonyl (C=O) groups is 1. The van der Waals surface area contributed by atoms with E-state index in [9.17, 15) is 30.3 Å². The molecule has 6 nitrogen and oxygen atoms in total. The van der Waals surface area contributed by atoms with E-state index in [1.807, 2.05) is 13.8 Å². The molecule has 33 heavy (non-hydrogen) atoms. The van der Waals surface area contributed by atoms with Crippen LogP contribution in [0.4, 0.5) is 0 Å². The molecule has 0 saturated heterocycles. The topological polar surface area (TPSA) is 118 Å². The minimum absolute atomic E-state index is 0.0463. The minimum Gasteiger partial charge on any atom is -0.390 e. The lowest BCUT2D eigenvalue weighted by atomic mass is 9.45. The predicted molar refractivity (Wildman–Crippen MR) is 125 cm³/mol. The molecule has 0 aliphatic heterocycles. The quantitative estimate of drug-likeness (QED) is 0.427. The summed E-state index contributed by atoms with van der Waals surface area (Å²) in [7, 11) is 0. The van der Waals surface area contributed by atoms with Crippen LogP contribution in [0.3, 0.4) is 0 Å². The third-order valence-corrected chi connectivity index (χ3v) is 10.5. The molecule has 0 amide bonds. The summed E-state index contributed by atoms with van der Waals surface area (Å²) in [5.74, 6) is -0.331. The maximum Gasteiger partial charge on any atom is 0.159 e. The number of carbonyl (C=O) groups excluding carboxylic acids is 1. The second-order valence-corrected chi connectivity index (χ2v) is 12.8. The van der Waals surface area contributed by atoms with Crippen molar-refractivity contribution >= 4 is 5.78 Å². The summed E-state index contributed by atoms with van der Waals surface area (Å²) in [6.45, 7) is 9.96. The van der Waals surface area contributed by atoms with E-state index in [1.165, 1.54) is 0 Å². The Balaban J connectivity index is 1.68. The first-order chi connectivity index (χ1) is 15.2. The lowest BCUT2D eigenvalue weighted by Crippen LogP contribution is -2.62. The molecule has 188 valence electrons. The van der Waals surface area contributed by atoms with E-state index in [0.717, 1.165) is 18.4 Å². The number of hydrogen-bond acceptors (Lipinski definition) is 6. The van der Waals surface area contributed by atoms with Crippen molar-refractivity contribution in [3.63, 3.8) is 0 Å². The predicted octanol–water partition coefficient (Wildman–Crippen LogP) is 2.74. The second-order valence-electron chi connectivity index (χ2n) is 12.8. The molecule has 5 N–H and O–H groups in total. The van der Waals surface area contributed by atoms with E-state index in [2.05, 4.69) is 13.8 Å². The Bertz CT molecular complexity index is 819. The van der Waals surface area contributed by atoms with Crippen LogP contribution in [0, 0.1) is 34.5 Å². The van der Waals surface area contributed by atoms with Crippen LogP contribution in [-0.2, 0) is 4.79 Å². The van der Waals surface area contributed by atoms with Crippen molar-refractivity contribution in [2.24, 2.45) is 34.5 Å². The summed E-state index contributed by atoms with van der Waals surface area (Å²) in [6, 6.07) is 0. The zero-order chi connectivity index (χ0) is 24.6. The first-order valence-corrected chi connectivity index (χ1v) is 12.9. The molecule has 0 heterocycles. The molecule has 3 saturated carbocycles. The van der Waals surface area contributed by atoms with E-state index in [-0.39, 0.29) is 30.0 Å². The van der Waals surface area contributed by atoms with E-state index in [1.54, 1.807) is 13.0 Å². The second kappa shape index (κ2) is 8.12. The van der Waals surface area contributed by atoms with Crippen LogP contribution in [0.25, 0.3) is 0 Å². The van der Waals surface area contributed by atoms with Gasteiger partial charge in [-0.2, -0.15) is 0 Å². The summed E-state index contributed by atoms with van der Waals surface area (Å²) >= 11 is 0. The van der Waals surface area contributed by atoms with Gasteiger partial charge in [-0.1, -0.05) is 27.7 Å². The van der Waals surface area contributed by atoms with Gasteiger partial charge in [-0.15, -0.1) is 0 Å². The lowest BCUT2D eigenvalue weighted by molar-refractivity contribution is -0.176. The van der Waals surface area contributed by atoms with Crippen molar-refractivity contribution in [1.82, 2.24) is 0 Å². The Morgan fingerprint density at radius 3 is 2.39 bits per heavy atom. The van der Waals surface area contributed by atoms with Crippen LogP contribution in [0.15, 0.2) is 11.6 Å². The third kappa shape index (κ3) is 3.58. The van der Waals surface area contributed by atoms with Gasteiger partial charge < -0.3 is 25.5 Å². The largest absolute Gasteiger partial charge is 0.390 e. The maximum absolute atomic E-state index is 13.2. The number of fused-ring (bicyclic) bond motifs is 5. The zero-order valence-electron chi connectivity index (χ0n) is 20.9. The van der Waals surface area contributed by atoms with E-state index in [4.69, 9.17) is 0 Å². The van der Waals surface area contributed by atoms with Gasteiger partial charge in [-0.3, -0.25) is 4.79 Å². The highest BCUT2D eigenvalue weighted by Crippen LogP contribution is 2.68. The van der Waals surface area contributed by atoms with E-state index in [0.29, 0.717) is 38.0 Å². The first kappa shape index (κ1) is 25.3. The van der Waals surface area contributed by atoms with Gasteiger partial charge in [0.15, 0.2) is 5.78 Å². The molecule has 4 aliphatic carbocycles. The van der Waals surface area contributed by atoms with Crippen molar-refractivity contribution in [1.29, 1.82) is 0 Å². The Morgan fingerprint density at radius 2 is 1.76 bits per heavy atom. The average molecular weight is 465 g/mol. The van der Waals surface area contributed by atoms with Crippen molar-refractivity contribution in [3.8, 4) is 0 Å². The summed E-state index contributed by atoms with van der Waals surface area (Å²) in [4.78, 5) is 13.2. The molecule has 4 aliphatic rings. The highest BCUT2D eigenvalue weighted by atomic mass is 16.3. The smallest absolute Gasteiger partial charge is 0.159 e. The lowest BCUT2D eigenvalue weighted by Gasteiger charge is -2.60. The number of aliphatic hydroxyl groups excluding tert-OH is 3. The zero-order valence-corrected chi connectivity index (χ0v) is 20.9. The highest BCUT2D eigenvalue weighted by molar-refractivity contribution is 5.95. The molecular formula is C27H44O6. The Kier molecular flexibility index (Phi) is 6.23. The molecule has 0 aromatic carbocycles. The van der Waals surface area contributed by atoms with Gasteiger partial charge in [-0.25, -0.2) is 0 Å². The molecule has 0 aromatic rings. The molecule has 10 atom stereocenters. The molecule has 0 radical (unpaired) electrons. The molecule has 4 rings (SSSR count). The van der Waals surface area contributed by atoms with Crippen molar-refractivity contribution in [2.45, 2.75) is 115 Å². The fourth-order valence-corrected chi connectivity index (χ4v) is 8.32. The fraction of sp³-hybridized carbons (Fsp3) is 0.889. The van der Waals surface area contributed by atoms with Crippen LogP contribution < -0.4 is 0 Å². The van der Waals surface area contributed by atoms with Crippen LogP contribution in [0.1, 0.15) is 86.0 Å². The van der Waals surface area contributed by atoms with E-state index >= 15 is 0 Å². The van der Waals surface area contributed by atoms with Crippen LogP contribution in [-0.4, -0.2) is 60.8 Å². The van der Waals surface area contributed by atoms with Gasteiger partial charge in [0.2, 0.25) is 0 Å². The number of hydrogen-bond donors (Lipinski definition) is 5. The SMILES string of the molecule is CC(C)CC[C@H](O)[C@](C)(O)[C@H]1CC[C@@]2(O)C3=CC(=O)[C@@H]4C[C@H](O)[C@H](O)C[C@]4(C)[C@H]3CC[C@]12C. The Morgan fingerprint density at radius 1 is 1.09 bits per heavy atom. The summed E-state index contributed by atoms with van der Waals surface area (Å²) in [6.07, 6.45) is 3.39. The number of ketones is 1. The average Bonchev–Trinajstić information content (AvgIpc) is 3.00. The summed E-state index contributed by atoms with van der Waals surface area (Å²) in [5.41, 5.74) is -2.98.